The van der Waals surface area contributed by atoms with E-state index in [0.29, 0.717) is 17.1 Å². The molecule has 0 aliphatic carbocycles. The van der Waals surface area contributed by atoms with E-state index >= 15 is 0 Å². The molecule has 4 aromatic rings. The zero-order valence-corrected chi connectivity index (χ0v) is 17.4. The fraction of sp³-hybridized carbons (Fsp3) is 0.136. The first kappa shape index (κ1) is 19.9. The van der Waals surface area contributed by atoms with Gasteiger partial charge in [0, 0.05) is 11.6 Å². The molecule has 0 N–H and O–H groups in total. The van der Waals surface area contributed by atoms with Crippen LogP contribution in [0.2, 0.25) is 0 Å². The normalized spacial score (nSPS) is 11.6. The molecule has 0 saturated heterocycles. The maximum absolute atomic E-state index is 13.8. The molecular formula is C22H19FN2O4S. The Kier molecular flexibility index (Phi) is 4.95. The van der Waals surface area contributed by atoms with Crippen molar-refractivity contribution in [3.8, 4) is 22.9 Å². The lowest BCUT2D eigenvalue weighted by Gasteiger charge is -2.13. The van der Waals surface area contributed by atoms with Gasteiger partial charge >= 0.3 is 0 Å². The topological polar surface area (TPSA) is 70.4 Å². The van der Waals surface area contributed by atoms with Crippen molar-refractivity contribution in [3.63, 3.8) is 0 Å². The molecule has 0 unspecified atom stereocenters. The van der Waals surface area contributed by atoms with Gasteiger partial charge in [-0.05, 0) is 49.4 Å². The Morgan fingerprint density at radius 2 is 1.60 bits per heavy atom. The molecule has 0 saturated carbocycles. The second-order valence-corrected chi connectivity index (χ2v) is 8.51. The zero-order valence-electron chi connectivity index (χ0n) is 16.6. The van der Waals surface area contributed by atoms with Crippen LogP contribution in [0.25, 0.3) is 22.4 Å². The van der Waals surface area contributed by atoms with Crippen molar-refractivity contribution in [1.82, 2.24) is 8.96 Å². The predicted molar refractivity (Wildman–Crippen MR) is 112 cm³/mol. The summed E-state index contributed by atoms with van der Waals surface area (Å²) in [6, 6.07) is 15.3. The van der Waals surface area contributed by atoms with Gasteiger partial charge in [0.2, 0.25) is 0 Å². The molecule has 0 spiro atoms. The smallest absolute Gasteiger partial charge is 0.269 e. The molecular weight excluding hydrogens is 407 g/mol. The molecule has 154 valence electrons. The summed E-state index contributed by atoms with van der Waals surface area (Å²) in [6.45, 7) is 1.88. The van der Waals surface area contributed by atoms with Crippen LogP contribution in [0.3, 0.4) is 0 Å². The highest BCUT2D eigenvalue weighted by molar-refractivity contribution is 7.90. The molecule has 0 bridgehead atoms. The van der Waals surface area contributed by atoms with Crippen LogP contribution in [0.1, 0.15) is 5.56 Å². The van der Waals surface area contributed by atoms with E-state index in [4.69, 9.17) is 9.47 Å². The first-order valence-electron chi connectivity index (χ1n) is 9.08. The Bertz CT molecular complexity index is 1350. The molecule has 0 amide bonds. The Balaban J connectivity index is 2.03. The number of fused-ring (bicyclic) bond motifs is 1. The molecule has 8 heteroatoms. The number of aryl methyl sites for hydroxylation is 1. The second-order valence-electron chi connectivity index (χ2n) is 6.72. The SMILES string of the molecule is COc1ccc(-c2nc3cc(F)ccc3n2S(=O)(=O)c2ccc(C)cc2)cc1OC. The Labute approximate surface area is 173 Å². The van der Waals surface area contributed by atoms with Crippen LogP contribution < -0.4 is 9.47 Å². The number of rotatable bonds is 5. The second kappa shape index (κ2) is 7.46. The van der Waals surface area contributed by atoms with Crippen LogP contribution in [-0.4, -0.2) is 31.6 Å². The van der Waals surface area contributed by atoms with E-state index in [1.54, 1.807) is 42.5 Å². The number of hydrogen-bond donors (Lipinski definition) is 0. The van der Waals surface area contributed by atoms with Crippen LogP contribution in [0.4, 0.5) is 4.39 Å². The van der Waals surface area contributed by atoms with E-state index in [-0.39, 0.29) is 21.8 Å². The van der Waals surface area contributed by atoms with E-state index in [9.17, 15) is 12.8 Å². The molecule has 3 aromatic carbocycles. The van der Waals surface area contributed by atoms with Gasteiger partial charge in [0.15, 0.2) is 17.3 Å². The third kappa shape index (κ3) is 3.29. The van der Waals surface area contributed by atoms with Gasteiger partial charge in [0.05, 0.1) is 30.1 Å². The summed E-state index contributed by atoms with van der Waals surface area (Å²) in [5, 5.41) is 0. The summed E-state index contributed by atoms with van der Waals surface area (Å²) in [5.74, 6) is 0.569. The average molecular weight is 426 g/mol. The molecule has 0 fully saturated rings. The van der Waals surface area contributed by atoms with Crippen LogP contribution in [0.5, 0.6) is 11.5 Å². The van der Waals surface area contributed by atoms with Crippen molar-refractivity contribution in [2.75, 3.05) is 14.2 Å². The predicted octanol–water partition coefficient (Wildman–Crippen LogP) is 4.41. The van der Waals surface area contributed by atoms with Gasteiger partial charge in [-0.3, -0.25) is 0 Å². The molecule has 0 radical (unpaired) electrons. The summed E-state index contributed by atoms with van der Waals surface area (Å²) in [6.07, 6.45) is 0. The Hall–Kier alpha value is -3.39. The van der Waals surface area contributed by atoms with Crippen molar-refractivity contribution in [3.05, 3.63) is 72.0 Å². The Morgan fingerprint density at radius 1 is 0.900 bits per heavy atom. The van der Waals surface area contributed by atoms with Crippen LogP contribution in [-0.2, 0) is 10.0 Å². The highest BCUT2D eigenvalue weighted by Crippen LogP contribution is 2.35. The maximum atomic E-state index is 13.8. The van der Waals surface area contributed by atoms with Gasteiger partial charge < -0.3 is 9.47 Å². The van der Waals surface area contributed by atoms with Gasteiger partial charge in [-0.1, -0.05) is 17.7 Å². The summed E-state index contributed by atoms with van der Waals surface area (Å²) in [7, 11) is -1.01. The molecule has 4 rings (SSSR count). The van der Waals surface area contributed by atoms with E-state index in [0.717, 1.165) is 9.54 Å². The number of aromatic nitrogens is 2. The first-order chi connectivity index (χ1) is 14.3. The van der Waals surface area contributed by atoms with E-state index in [2.05, 4.69) is 4.98 Å². The highest BCUT2D eigenvalue weighted by atomic mass is 32.2. The van der Waals surface area contributed by atoms with Crippen molar-refractivity contribution >= 4 is 21.1 Å². The molecule has 6 nitrogen and oxygen atoms in total. The number of benzene rings is 3. The number of halogens is 1. The fourth-order valence-corrected chi connectivity index (χ4v) is 4.73. The lowest BCUT2D eigenvalue weighted by molar-refractivity contribution is 0.355. The van der Waals surface area contributed by atoms with Crippen LogP contribution in [0, 0.1) is 12.7 Å². The Morgan fingerprint density at radius 3 is 2.27 bits per heavy atom. The van der Waals surface area contributed by atoms with E-state index < -0.39 is 15.8 Å². The van der Waals surface area contributed by atoms with Crippen LogP contribution >= 0.6 is 0 Å². The number of nitrogens with zero attached hydrogens (tertiary/aromatic N) is 2. The monoisotopic (exact) mass is 426 g/mol. The van der Waals surface area contributed by atoms with Gasteiger partial charge in [0.25, 0.3) is 10.0 Å². The summed E-state index contributed by atoms with van der Waals surface area (Å²) < 4.78 is 52.7. The number of methoxy groups -OCH3 is 2. The summed E-state index contributed by atoms with van der Waals surface area (Å²) in [4.78, 5) is 4.54. The maximum Gasteiger partial charge on any atom is 0.269 e. The van der Waals surface area contributed by atoms with Gasteiger partial charge in [-0.2, -0.15) is 0 Å². The molecule has 0 aliphatic rings. The van der Waals surface area contributed by atoms with Gasteiger partial charge in [0.1, 0.15) is 5.82 Å². The molecule has 0 atom stereocenters. The number of imidazole rings is 1. The van der Waals surface area contributed by atoms with Gasteiger partial charge in [-0.15, -0.1) is 0 Å². The van der Waals surface area contributed by atoms with Crippen LogP contribution in [0.15, 0.2) is 65.6 Å². The minimum atomic E-state index is -4.01. The minimum Gasteiger partial charge on any atom is -0.493 e. The van der Waals surface area contributed by atoms with E-state index in [1.807, 2.05) is 6.92 Å². The number of hydrogen-bond acceptors (Lipinski definition) is 5. The standard InChI is InChI=1S/C22H19FN2O4S/c1-14-4-8-17(9-5-14)30(26,27)25-19-10-7-16(23)13-18(19)24-22(25)15-6-11-20(28-2)21(12-15)29-3/h4-13H,1-3H3. The summed E-state index contributed by atoms with van der Waals surface area (Å²) >= 11 is 0. The minimum absolute atomic E-state index is 0.110. The highest BCUT2D eigenvalue weighted by Gasteiger charge is 2.26. The van der Waals surface area contributed by atoms with Crippen molar-refractivity contribution < 1.29 is 22.3 Å². The third-order valence-corrected chi connectivity index (χ3v) is 6.49. The van der Waals surface area contributed by atoms with Crippen molar-refractivity contribution in [1.29, 1.82) is 0 Å². The zero-order chi connectivity index (χ0) is 21.5. The van der Waals surface area contributed by atoms with Crippen molar-refractivity contribution in [2.45, 2.75) is 11.8 Å². The molecule has 0 aliphatic heterocycles. The largest absolute Gasteiger partial charge is 0.493 e. The van der Waals surface area contributed by atoms with E-state index in [1.165, 1.54) is 32.4 Å². The summed E-state index contributed by atoms with van der Waals surface area (Å²) in [5.41, 5.74) is 1.93. The number of ether oxygens (including phenoxy) is 2. The molecule has 30 heavy (non-hydrogen) atoms. The van der Waals surface area contributed by atoms with Crippen molar-refractivity contribution in [2.24, 2.45) is 0 Å². The lowest BCUT2D eigenvalue weighted by atomic mass is 10.2. The van der Waals surface area contributed by atoms with Gasteiger partial charge in [-0.25, -0.2) is 21.8 Å². The quantitative estimate of drug-likeness (QED) is 0.473. The average Bonchev–Trinajstić information content (AvgIpc) is 3.12. The molecule has 1 aromatic heterocycles. The lowest BCUT2D eigenvalue weighted by Crippen LogP contribution is -2.14. The first-order valence-corrected chi connectivity index (χ1v) is 10.5. The fourth-order valence-electron chi connectivity index (χ4n) is 3.25. The third-order valence-electron chi connectivity index (χ3n) is 4.78. The molecule has 1 heterocycles.